The molecule has 7 nitrogen and oxygen atoms in total. The minimum absolute atomic E-state index is 0.0173. The van der Waals surface area contributed by atoms with Gasteiger partial charge in [0.1, 0.15) is 0 Å². The third kappa shape index (κ3) is 5.72. The Morgan fingerprint density at radius 3 is 2.53 bits per heavy atom. The molecule has 4 heterocycles. The molecule has 1 aromatic carbocycles. The number of aromatic nitrogens is 4. The normalized spacial score (nSPS) is 13.0. The zero-order chi connectivity index (χ0) is 25.7. The molecule has 1 aliphatic heterocycles. The van der Waals surface area contributed by atoms with Crippen molar-refractivity contribution >= 4 is 18.1 Å². The van der Waals surface area contributed by atoms with E-state index in [0.717, 1.165) is 51.5 Å². The van der Waals surface area contributed by atoms with Gasteiger partial charge in [0, 0.05) is 47.2 Å². The summed E-state index contributed by atoms with van der Waals surface area (Å²) in [6.45, 7) is 2.93. The lowest BCUT2D eigenvalue weighted by atomic mass is 10.1. The Morgan fingerprint density at radius 2 is 1.83 bits per heavy atom. The Bertz CT molecular complexity index is 1400. The van der Waals surface area contributed by atoms with E-state index < -0.39 is 11.9 Å². The Labute approximate surface area is 204 Å². The molecule has 0 radical (unpaired) electrons. The number of allylic oxidation sites excluding steroid dienone is 1. The molecule has 0 unspecified atom stereocenters. The second-order valence-electron chi connectivity index (χ2n) is 7.89. The fourth-order valence-corrected chi connectivity index (χ4v) is 3.59. The van der Waals surface area contributed by atoms with Crippen molar-refractivity contribution in [3.05, 3.63) is 95.8 Å². The molecule has 0 spiro atoms. The van der Waals surface area contributed by atoms with Crippen molar-refractivity contribution in [3.63, 3.8) is 0 Å². The van der Waals surface area contributed by atoms with Gasteiger partial charge in [0.05, 0.1) is 23.1 Å². The minimum Gasteiger partial charge on any atom is -0.505 e. The summed E-state index contributed by atoms with van der Waals surface area (Å²) in [4.78, 5) is 19.8. The molecule has 4 N–H and O–H groups in total. The van der Waals surface area contributed by atoms with E-state index in [4.69, 9.17) is 5.11 Å². The lowest BCUT2D eigenvalue weighted by molar-refractivity contribution is -0.119. The summed E-state index contributed by atoms with van der Waals surface area (Å²) in [6.07, 6.45) is 3.74. The number of nitrogens with zero attached hydrogens (tertiary/aromatic N) is 2. The number of rotatable bonds is 4. The summed E-state index contributed by atoms with van der Waals surface area (Å²) in [5.41, 5.74) is 7.53. The first kappa shape index (κ1) is 24.5. The Balaban J connectivity index is 0.000000384. The second-order valence-corrected chi connectivity index (χ2v) is 7.89. The summed E-state index contributed by atoms with van der Waals surface area (Å²) in [7, 11) is 0. The number of aromatic amines is 2. The fourth-order valence-electron chi connectivity index (χ4n) is 3.59. The maximum Gasteiger partial charge on any atom is 0.448 e. The second kappa shape index (κ2) is 10.3. The molecule has 3 aromatic heterocycles. The highest BCUT2D eigenvalue weighted by Crippen LogP contribution is 2.26. The summed E-state index contributed by atoms with van der Waals surface area (Å²) in [6, 6.07) is 16.0. The standard InChI is InChI=1S/C23H19N5O.C3H3F3O/c29-23-19-13-21(27-20(19)9-11-25-23)16-8-10-24-18(12-16)7-6-17-14-26-28-22(17)15-4-2-1-3-5-15;1-2(7)3(4,5)6/h1-8,10,12-14,27H,9,11H2,(H,25,29)(H,26,28);7H,1H2/b7-6-;. The quantitative estimate of drug-likeness (QED) is 0.280. The van der Waals surface area contributed by atoms with Gasteiger partial charge in [0.15, 0.2) is 5.76 Å². The number of aliphatic hydroxyl groups is 1. The monoisotopic (exact) mass is 493 g/mol. The van der Waals surface area contributed by atoms with Gasteiger partial charge in [-0.15, -0.1) is 0 Å². The highest BCUT2D eigenvalue weighted by atomic mass is 19.4. The molecule has 1 aliphatic rings. The van der Waals surface area contributed by atoms with E-state index in [1.165, 1.54) is 0 Å². The highest BCUT2D eigenvalue weighted by Gasteiger charge is 2.31. The number of aliphatic hydroxyl groups excluding tert-OH is 1. The fraction of sp³-hybridized carbons (Fsp3) is 0.115. The molecule has 10 heteroatoms. The zero-order valence-electron chi connectivity index (χ0n) is 18.9. The topological polar surface area (TPSA) is 107 Å². The SMILES string of the molecule is C=C(O)C(F)(F)F.O=C1NCCc2[nH]c(-c3ccnc(/C=C\c4cn[nH]c4-c4ccccc4)c3)cc21. The first-order valence-electron chi connectivity index (χ1n) is 10.9. The Kier molecular flexibility index (Phi) is 7.05. The summed E-state index contributed by atoms with van der Waals surface area (Å²) < 4.78 is 32.5. The number of hydrogen-bond acceptors (Lipinski definition) is 4. The van der Waals surface area contributed by atoms with E-state index in [9.17, 15) is 18.0 Å². The number of carbonyl (C=O) groups is 1. The third-order valence-corrected chi connectivity index (χ3v) is 5.39. The Hall–Kier alpha value is -4.60. The van der Waals surface area contributed by atoms with Gasteiger partial charge >= 0.3 is 6.18 Å². The molecule has 36 heavy (non-hydrogen) atoms. The Morgan fingerprint density at radius 1 is 1.08 bits per heavy atom. The molecule has 1 amide bonds. The number of nitrogens with one attached hydrogen (secondary N) is 3. The van der Waals surface area contributed by atoms with E-state index in [0.29, 0.717) is 6.54 Å². The number of halogens is 3. The van der Waals surface area contributed by atoms with E-state index in [2.05, 4.69) is 32.1 Å². The number of alkyl halides is 3. The van der Waals surface area contributed by atoms with E-state index in [1.807, 2.05) is 60.7 Å². The van der Waals surface area contributed by atoms with Crippen LogP contribution in [0.15, 0.2) is 73.3 Å². The molecule has 5 rings (SSSR count). The number of hydrogen-bond donors (Lipinski definition) is 4. The van der Waals surface area contributed by atoms with Gasteiger partial charge in [-0.2, -0.15) is 18.3 Å². The van der Waals surface area contributed by atoms with Gasteiger partial charge in [-0.05, 0) is 30.4 Å². The van der Waals surface area contributed by atoms with Crippen molar-refractivity contribution < 1.29 is 23.1 Å². The van der Waals surface area contributed by atoms with Crippen LogP contribution >= 0.6 is 0 Å². The first-order chi connectivity index (χ1) is 17.2. The van der Waals surface area contributed by atoms with Crippen LogP contribution in [-0.4, -0.2) is 43.9 Å². The van der Waals surface area contributed by atoms with Crippen molar-refractivity contribution in [1.82, 2.24) is 25.5 Å². The van der Waals surface area contributed by atoms with Crippen LogP contribution in [0.4, 0.5) is 13.2 Å². The van der Waals surface area contributed by atoms with Gasteiger partial charge in [-0.3, -0.25) is 14.9 Å². The average Bonchev–Trinajstić information content (AvgIpc) is 3.51. The number of amides is 1. The van der Waals surface area contributed by atoms with Gasteiger partial charge < -0.3 is 15.4 Å². The van der Waals surface area contributed by atoms with Gasteiger partial charge in [-0.1, -0.05) is 36.9 Å². The molecule has 4 aromatic rings. The average molecular weight is 493 g/mol. The molecule has 0 fully saturated rings. The van der Waals surface area contributed by atoms with Gasteiger partial charge in [-0.25, -0.2) is 0 Å². The van der Waals surface area contributed by atoms with Crippen LogP contribution in [0.25, 0.3) is 34.7 Å². The van der Waals surface area contributed by atoms with Gasteiger partial charge in [0.2, 0.25) is 0 Å². The molecule has 0 saturated carbocycles. The van der Waals surface area contributed by atoms with Gasteiger partial charge in [0.25, 0.3) is 5.91 Å². The number of pyridine rings is 1. The van der Waals surface area contributed by atoms with Crippen LogP contribution in [0.5, 0.6) is 0 Å². The molecule has 0 atom stereocenters. The smallest absolute Gasteiger partial charge is 0.448 e. The molecular weight excluding hydrogens is 471 g/mol. The number of benzene rings is 1. The van der Waals surface area contributed by atoms with Crippen LogP contribution < -0.4 is 5.32 Å². The predicted molar refractivity (Wildman–Crippen MR) is 131 cm³/mol. The molecule has 0 aliphatic carbocycles. The van der Waals surface area contributed by atoms with Crippen molar-refractivity contribution in [3.8, 4) is 22.5 Å². The third-order valence-electron chi connectivity index (χ3n) is 5.39. The van der Waals surface area contributed by atoms with Crippen LogP contribution in [0.1, 0.15) is 27.3 Å². The van der Waals surface area contributed by atoms with E-state index >= 15 is 0 Å². The summed E-state index contributed by atoms with van der Waals surface area (Å²) in [5.74, 6) is -1.77. The molecule has 0 bridgehead atoms. The summed E-state index contributed by atoms with van der Waals surface area (Å²) >= 11 is 0. The van der Waals surface area contributed by atoms with Crippen LogP contribution in [-0.2, 0) is 6.42 Å². The number of fused-ring (bicyclic) bond motifs is 1. The van der Waals surface area contributed by atoms with Crippen LogP contribution in [0, 0.1) is 0 Å². The lowest BCUT2D eigenvalue weighted by Gasteiger charge is -2.10. The predicted octanol–water partition coefficient (Wildman–Crippen LogP) is 5.54. The number of carbonyl (C=O) groups excluding carboxylic acids is 1. The van der Waals surface area contributed by atoms with E-state index in [1.54, 1.807) is 12.4 Å². The zero-order valence-corrected chi connectivity index (χ0v) is 18.9. The lowest BCUT2D eigenvalue weighted by Crippen LogP contribution is -2.31. The molecule has 184 valence electrons. The highest BCUT2D eigenvalue weighted by molar-refractivity contribution is 5.97. The van der Waals surface area contributed by atoms with Crippen molar-refractivity contribution in [2.24, 2.45) is 0 Å². The summed E-state index contributed by atoms with van der Waals surface area (Å²) in [5, 5.41) is 17.7. The maximum atomic E-state index is 12.0. The minimum atomic E-state index is -4.64. The molecule has 0 saturated heterocycles. The number of H-pyrrole nitrogens is 2. The van der Waals surface area contributed by atoms with Crippen LogP contribution in [0.3, 0.4) is 0 Å². The van der Waals surface area contributed by atoms with Crippen molar-refractivity contribution in [2.45, 2.75) is 12.6 Å². The largest absolute Gasteiger partial charge is 0.505 e. The van der Waals surface area contributed by atoms with Crippen LogP contribution in [0.2, 0.25) is 0 Å². The van der Waals surface area contributed by atoms with E-state index in [-0.39, 0.29) is 5.91 Å². The maximum absolute atomic E-state index is 12.0. The first-order valence-corrected chi connectivity index (χ1v) is 10.9. The molecular formula is C26H22F3N5O2. The van der Waals surface area contributed by atoms with Crippen molar-refractivity contribution in [1.29, 1.82) is 0 Å². The van der Waals surface area contributed by atoms with Crippen molar-refractivity contribution in [2.75, 3.05) is 6.54 Å².